The highest BCUT2D eigenvalue weighted by Crippen LogP contribution is 2.48. The van der Waals surface area contributed by atoms with E-state index < -0.39 is 17.2 Å². The Morgan fingerprint density at radius 3 is 2.58 bits per heavy atom. The molecule has 3 aromatic rings. The van der Waals surface area contributed by atoms with Crippen LogP contribution in [0.5, 0.6) is 0 Å². The van der Waals surface area contributed by atoms with Gasteiger partial charge in [-0.1, -0.05) is 6.07 Å². The van der Waals surface area contributed by atoms with E-state index in [2.05, 4.69) is 28.7 Å². The predicted octanol–water partition coefficient (Wildman–Crippen LogP) is 4.50. The first kappa shape index (κ1) is 16.9. The Kier molecular flexibility index (Phi) is 3.57. The third-order valence-electron chi connectivity index (χ3n) is 4.79. The van der Waals surface area contributed by atoms with Crippen molar-refractivity contribution in [2.24, 2.45) is 7.05 Å². The molecule has 0 saturated heterocycles. The van der Waals surface area contributed by atoms with Crippen LogP contribution >= 0.6 is 12.6 Å². The van der Waals surface area contributed by atoms with Gasteiger partial charge in [0, 0.05) is 23.7 Å². The van der Waals surface area contributed by atoms with Crippen molar-refractivity contribution in [3.8, 4) is 17.5 Å². The van der Waals surface area contributed by atoms with Crippen LogP contribution in [0.15, 0.2) is 35.4 Å². The molecule has 4 nitrogen and oxygen atoms in total. The maximum Gasteiger partial charge on any atom is 0.417 e. The van der Waals surface area contributed by atoms with Gasteiger partial charge in [0.25, 0.3) is 0 Å². The van der Waals surface area contributed by atoms with Gasteiger partial charge in [-0.3, -0.25) is 0 Å². The van der Waals surface area contributed by atoms with E-state index >= 15 is 0 Å². The number of fused-ring (bicyclic) bond motifs is 1. The smallest absolute Gasteiger partial charge is 0.312 e. The molecule has 4 rings (SSSR count). The number of benzene rings is 1. The van der Waals surface area contributed by atoms with Gasteiger partial charge in [0.2, 0.25) is 0 Å². The van der Waals surface area contributed by atoms with Crippen molar-refractivity contribution in [3.63, 3.8) is 0 Å². The molecule has 0 aliphatic heterocycles. The van der Waals surface area contributed by atoms with E-state index in [0.717, 1.165) is 30.7 Å². The van der Waals surface area contributed by atoms with Crippen LogP contribution in [0.2, 0.25) is 0 Å². The largest absolute Gasteiger partial charge is 0.417 e. The number of thiol groups is 1. The summed E-state index contributed by atoms with van der Waals surface area (Å²) >= 11 is 4.51. The molecule has 0 bridgehead atoms. The molecule has 0 spiro atoms. The molecule has 26 heavy (non-hydrogen) atoms. The van der Waals surface area contributed by atoms with E-state index in [4.69, 9.17) is 0 Å². The zero-order valence-corrected chi connectivity index (χ0v) is 14.6. The second-order valence-corrected chi connectivity index (χ2v) is 6.97. The standard InChI is InChI=1S/C18H13F3N4S/c1-25-15(24-13-6-11(18(19,20)21)8-23-16(13)25)12-3-2-10(7-14(12)26)17(9-22)4-5-17/h2-3,6-8,26H,4-5H2,1H3. The van der Waals surface area contributed by atoms with Crippen molar-refractivity contribution < 1.29 is 13.2 Å². The van der Waals surface area contributed by atoms with Gasteiger partial charge in [0.1, 0.15) is 11.3 Å². The summed E-state index contributed by atoms with van der Waals surface area (Å²) in [6.45, 7) is 0. The highest BCUT2D eigenvalue weighted by Gasteiger charge is 2.45. The van der Waals surface area contributed by atoms with E-state index in [9.17, 15) is 18.4 Å². The molecule has 1 aliphatic carbocycles. The molecule has 8 heteroatoms. The summed E-state index contributed by atoms with van der Waals surface area (Å²) in [5.74, 6) is 0.477. The molecule has 0 atom stereocenters. The van der Waals surface area contributed by atoms with Crippen molar-refractivity contribution in [1.82, 2.24) is 14.5 Å². The van der Waals surface area contributed by atoms with Gasteiger partial charge in [-0.05, 0) is 36.6 Å². The summed E-state index contributed by atoms with van der Waals surface area (Å²) in [5.41, 5.74) is 0.863. The second kappa shape index (κ2) is 5.48. The van der Waals surface area contributed by atoms with Crippen LogP contribution in [-0.2, 0) is 18.6 Å². The number of hydrogen-bond acceptors (Lipinski definition) is 4. The number of nitriles is 1. The Morgan fingerprint density at radius 1 is 1.27 bits per heavy atom. The van der Waals surface area contributed by atoms with Crippen LogP contribution in [0, 0.1) is 11.3 Å². The number of aromatic nitrogens is 3. The topological polar surface area (TPSA) is 54.5 Å². The fraction of sp³-hybridized carbons (Fsp3) is 0.278. The first-order valence-electron chi connectivity index (χ1n) is 7.90. The molecule has 0 amide bonds. The molecule has 132 valence electrons. The Bertz CT molecular complexity index is 1070. The zero-order valence-electron chi connectivity index (χ0n) is 13.7. The number of aryl methyl sites for hydroxylation is 1. The van der Waals surface area contributed by atoms with E-state index in [1.165, 1.54) is 0 Å². The van der Waals surface area contributed by atoms with Gasteiger partial charge < -0.3 is 4.57 Å². The molecular formula is C18H13F3N4S. The molecule has 1 saturated carbocycles. The van der Waals surface area contributed by atoms with E-state index in [1.807, 2.05) is 12.1 Å². The first-order chi connectivity index (χ1) is 12.2. The lowest BCUT2D eigenvalue weighted by Gasteiger charge is -2.10. The molecular weight excluding hydrogens is 361 g/mol. The lowest BCUT2D eigenvalue weighted by atomic mass is 9.96. The minimum Gasteiger partial charge on any atom is -0.312 e. The molecule has 2 heterocycles. The van der Waals surface area contributed by atoms with Crippen LogP contribution in [0.3, 0.4) is 0 Å². The Morgan fingerprint density at radius 2 is 2.00 bits per heavy atom. The Balaban J connectivity index is 1.82. The van der Waals surface area contributed by atoms with Crippen molar-refractivity contribution in [2.45, 2.75) is 29.3 Å². The highest BCUT2D eigenvalue weighted by atomic mass is 32.1. The zero-order chi connectivity index (χ0) is 18.7. The van der Waals surface area contributed by atoms with Crippen LogP contribution < -0.4 is 0 Å². The third-order valence-corrected chi connectivity index (χ3v) is 5.16. The number of pyridine rings is 1. The number of nitrogens with zero attached hydrogens (tertiary/aromatic N) is 4. The summed E-state index contributed by atoms with van der Waals surface area (Å²) < 4.78 is 40.3. The third kappa shape index (κ3) is 2.54. The number of alkyl halides is 3. The molecule has 0 unspecified atom stereocenters. The van der Waals surface area contributed by atoms with Crippen LogP contribution in [-0.4, -0.2) is 14.5 Å². The maximum atomic E-state index is 12.9. The Labute approximate surface area is 152 Å². The van der Waals surface area contributed by atoms with Gasteiger partial charge in [0.05, 0.1) is 17.0 Å². The molecule has 0 N–H and O–H groups in total. The monoisotopic (exact) mass is 374 g/mol. The Hall–Kier alpha value is -2.53. The van der Waals surface area contributed by atoms with Crippen molar-refractivity contribution in [3.05, 3.63) is 41.6 Å². The predicted molar refractivity (Wildman–Crippen MR) is 92.7 cm³/mol. The molecule has 1 aliphatic rings. The molecule has 1 fully saturated rings. The summed E-state index contributed by atoms with van der Waals surface area (Å²) in [6, 6.07) is 8.83. The minimum atomic E-state index is -4.47. The van der Waals surface area contributed by atoms with Gasteiger partial charge in [-0.15, -0.1) is 12.6 Å². The van der Waals surface area contributed by atoms with Crippen molar-refractivity contribution in [1.29, 1.82) is 5.26 Å². The van der Waals surface area contributed by atoms with Gasteiger partial charge >= 0.3 is 6.18 Å². The van der Waals surface area contributed by atoms with Gasteiger partial charge in [0.15, 0.2) is 5.65 Å². The summed E-state index contributed by atoms with van der Waals surface area (Å²) in [6.07, 6.45) is -2.01. The minimum absolute atomic E-state index is 0.171. The number of rotatable bonds is 2. The van der Waals surface area contributed by atoms with Gasteiger partial charge in [-0.25, -0.2) is 9.97 Å². The number of halogens is 3. The maximum absolute atomic E-state index is 12.9. The van der Waals surface area contributed by atoms with Gasteiger partial charge in [-0.2, -0.15) is 18.4 Å². The van der Waals surface area contributed by atoms with E-state index in [1.54, 1.807) is 17.7 Å². The average molecular weight is 374 g/mol. The second-order valence-electron chi connectivity index (χ2n) is 6.48. The highest BCUT2D eigenvalue weighted by molar-refractivity contribution is 7.80. The lowest BCUT2D eigenvalue weighted by Crippen LogP contribution is -2.05. The first-order valence-corrected chi connectivity index (χ1v) is 8.35. The average Bonchev–Trinajstić information content (AvgIpc) is 3.33. The van der Waals surface area contributed by atoms with Crippen molar-refractivity contribution >= 4 is 23.8 Å². The summed E-state index contributed by atoms with van der Waals surface area (Å²) in [4.78, 5) is 8.87. The molecule has 0 radical (unpaired) electrons. The van der Waals surface area contributed by atoms with Crippen LogP contribution in [0.25, 0.3) is 22.6 Å². The number of hydrogen-bond donors (Lipinski definition) is 1. The summed E-state index contributed by atoms with van der Waals surface area (Å²) in [7, 11) is 1.70. The van der Waals surface area contributed by atoms with Crippen molar-refractivity contribution in [2.75, 3.05) is 0 Å². The lowest BCUT2D eigenvalue weighted by molar-refractivity contribution is -0.137. The van der Waals surface area contributed by atoms with Crippen LogP contribution in [0.1, 0.15) is 24.0 Å². The fourth-order valence-electron chi connectivity index (χ4n) is 3.08. The molecule has 1 aromatic carbocycles. The van der Waals surface area contributed by atoms with E-state index in [0.29, 0.717) is 21.9 Å². The SMILES string of the molecule is Cn1c(-c2ccc(C3(C#N)CC3)cc2S)nc2cc(C(F)(F)F)cnc21. The summed E-state index contributed by atoms with van der Waals surface area (Å²) in [5, 5.41) is 9.33. The fourth-order valence-corrected chi connectivity index (χ4v) is 3.39. The van der Waals surface area contributed by atoms with E-state index in [-0.39, 0.29) is 5.52 Å². The quantitative estimate of drug-likeness (QED) is 0.672. The number of imidazole rings is 1. The van der Waals surface area contributed by atoms with Crippen LogP contribution in [0.4, 0.5) is 13.2 Å². The molecule has 2 aromatic heterocycles. The normalized spacial score (nSPS) is 15.8.